The molecule has 23 heavy (non-hydrogen) atoms. The van der Waals surface area contributed by atoms with Gasteiger partial charge in [-0.15, -0.1) is 0 Å². The van der Waals surface area contributed by atoms with Crippen LogP contribution in [0.15, 0.2) is 60.9 Å². The van der Waals surface area contributed by atoms with Crippen LogP contribution in [0.25, 0.3) is 22.8 Å². The average Bonchev–Trinajstić information content (AvgIpc) is 3.18. The molecule has 3 aromatic rings. The Balaban J connectivity index is 1.84. The first-order chi connectivity index (χ1) is 11.4. The fourth-order valence-corrected chi connectivity index (χ4v) is 2.55. The molecule has 0 bridgehead atoms. The molecule has 0 amide bonds. The molecule has 0 N–H and O–H groups in total. The molecular weight excluding hydrogens is 282 g/mol. The molecule has 4 rings (SSSR count). The summed E-state index contributed by atoms with van der Waals surface area (Å²) in [4.78, 5) is 13.6. The Morgan fingerprint density at radius 2 is 1.17 bits per heavy atom. The van der Waals surface area contributed by atoms with Crippen LogP contribution in [0.1, 0.15) is 5.56 Å². The quantitative estimate of drug-likeness (QED) is 0.734. The highest BCUT2D eigenvalue weighted by Crippen LogP contribution is 2.33. The lowest BCUT2D eigenvalue weighted by Crippen LogP contribution is -2.00. The molecule has 3 aromatic heterocycles. The largest absolute Gasteiger partial charge is 0.255 e. The highest BCUT2D eigenvalue weighted by molar-refractivity contribution is 5.66. The molecule has 1 saturated carbocycles. The minimum absolute atomic E-state index is 0.852. The van der Waals surface area contributed by atoms with E-state index < -0.39 is 0 Å². The van der Waals surface area contributed by atoms with Crippen LogP contribution >= 0.6 is 0 Å². The van der Waals surface area contributed by atoms with Crippen LogP contribution < -0.4 is 0 Å². The van der Waals surface area contributed by atoms with E-state index in [1.54, 1.807) is 12.4 Å². The van der Waals surface area contributed by atoms with Gasteiger partial charge in [-0.3, -0.25) is 9.97 Å². The maximum atomic E-state index is 4.76. The van der Waals surface area contributed by atoms with Gasteiger partial charge in [0.15, 0.2) is 0 Å². The zero-order valence-electron chi connectivity index (χ0n) is 12.4. The van der Waals surface area contributed by atoms with E-state index in [0.717, 1.165) is 28.3 Å². The Bertz CT molecular complexity index is 721. The molecule has 3 heteroatoms. The number of aromatic nitrogens is 3. The SMILES string of the molecule is [CH]1[CH][CH][C](c2cc(-c3ccccn3)nc(-c3ccccn3)c2)[CH]1. The number of rotatable bonds is 3. The molecule has 0 atom stereocenters. The predicted octanol–water partition coefficient (Wildman–Crippen LogP) is 3.96. The second-order valence-corrected chi connectivity index (χ2v) is 5.23. The molecule has 1 fully saturated rings. The Labute approximate surface area is 136 Å². The second-order valence-electron chi connectivity index (χ2n) is 5.23. The maximum Gasteiger partial charge on any atom is 0.0897 e. The third kappa shape index (κ3) is 3.00. The van der Waals surface area contributed by atoms with E-state index in [2.05, 4.69) is 34.9 Å². The standard InChI is InChI=1S/C20H14N3/c1-2-8-15(7-1)16-13-19(17-9-3-5-11-21-17)23-20(14-16)18-10-4-6-12-22-18/h1-14H. The molecule has 0 aliphatic heterocycles. The van der Waals surface area contributed by atoms with Crippen LogP contribution in [-0.2, 0) is 0 Å². The maximum absolute atomic E-state index is 4.76. The number of hydrogen-bond donors (Lipinski definition) is 0. The lowest BCUT2D eigenvalue weighted by Gasteiger charge is -2.12. The normalized spacial score (nSPS) is 15.0. The smallest absolute Gasteiger partial charge is 0.0897 e. The minimum atomic E-state index is 0.852. The predicted molar refractivity (Wildman–Crippen MR) is 90.2 cm³/mol. The van der Waals surface area contributed by atoms with E-state index in [1.165, 1.54) is 5.92 Å². The van der Waals surface area contributed by atoms with Gasteiger partial charge in [0.1, 0.15) is 0 Å². The highest BCUT2D eigenvalue weighted by Gasteiger charge is 2.21. The van der Waals surface area contributed by atoms with Crippen molar-refractivity contribution < 1.29 is 0 Å². The molecule has 0 aromatic carbocycles. The van der Waals surface area contributed by atoms with Crippen molar-refractivity contribution >= 4 is 0 Å². The van der Waals surface area contributed by atoms with Gasteiger partial charge in [-0.1, -0.05) is 12.1 Å². The van der Waals surface area contributed by atoms with E-state index in [9.17, 15) is 0 Å². The lowest BCUT2D eigenvalue weighted by molar-refractivity contribution is 1.18. The Morgan fingerprint density at radius 1 is 0.609 bits per heavy atom. The van der Waals surface area contributed by atoms with Crippen LogP contribution in [0.2, 0.25) is 0 Å². The molecule has 1 aliphatic carbocycles. The van der Waals surface area contributed by atoms with Crippen molar-refractivity contribution in [3.05, 3.63) is 98.1 Å². The summed E-state index contributed by atoms with van der Waals surface area (Å²) in [7, 11) is 0. The molecular formula is C20H14N3. The van der Waals surface area contributed by atoms with Crippen molar-refractivity contribution in [1.82, 2.24) is 15.0 Å². The summed E-state index contributed by atoms with van der Waals surface area (Å²) in [6.07, 6.45) is 11.8. The molecule has 0 saturated heterocycles. The third-order valence-electron chi connectivity index (χ3n) is 3.68. The zero-order chi connectivity index (χ0) is 15.5. The van der Waals surface area contributed by atoms with Gasteiger partial charge in [0.05, 0.1) is 22.8 Å². The summed E-state index contributed by atoms with van der Waals surface area (Å²) in [6, 6.07) is 15.8. The second kappa shape index (κ2) is 6.29. The summed E-state index contributed by atoms with van der Waals surface area (Å²) in [6.45, 7) is 0. The van der Waals surface area contributed by atoms with Crippen molar-refractivity contribution in [3.8, 4) is 22.8 Å². The number of pyridine rings is 3. The van der Waals surface area contributed by atoms with Crippen LogP contribution in [0, 0.1) is 31.6 Å². The molecule has 3 nitrogen and oxygen atoms in total. The minimum Gasteiger partial charge on any atom is -0.255 e. The third-order valence-corrected chi connectivity index (χ3v) is 3.68. The lowest BCUT2D eigenvalue weighted by atomic mass is 9.96. The fourth-order valence-electron chi connectivity index (χ4n) is 2.55. The van der Waals surface area contributed by atoms with Gasteiger partial charge in [0.25, 0.3) is 0 Å². The van der Waals surface area contributed by atoms with Gasteiger partial charge < -0.3 is 0 Å². The van der Waals surface area contributed by atoms with E-state index in [0.29, 0.717) is 0 Å². The Morgan fingerprint density at radius 3 is 1.65 bits per heavy atom. The summed E-state index contributed by atoms with van der Waals surface area (Å²) >= 11 is 0. The molecule has 0 unspecified atom stereocenters. The van der Waals surface area contributed by atoms with Gasteiger partial charge in [-0.05, 0) is 67.6 Å². The topological polar surface area (TPSA) is 38.7 Å². The molecule has 1 aliphatic rings. The van der Waals surface area contributed by atoms with Crippen molar-refractivity contribution in [2.45, 2.75) is 0 Å². The van der Waals surface area contributed by atoms with E-state index >= 15 is 0 Å². The van der Waals surface area contributed by atoms with Crippen molar-refractivity contribution in [2.75, 3.05) is 0 Å². The van der Waals surface area contributed by atoms with Gasteiger partial charge in [-0.2, -0.15) is 0 Å². The molecule has 5 radical (unpaired) electrons. The van der Waals surface area contributed by atoms with Crippen LogP contribution in [-0.4, -0.2) is 15.0 Å². The number of nitrogens with zero attached hydrogens (tertiary/aromatic N) is 3. The van der Waals surface area contributed by atoms with Crippen molar-refractivity contribution in [1.29, 1.82) is 0 Å². The van der Waals surface area contributed by atoms with E-state index in [4.69, 9.17) is 4.98 Å². The number of hydrogen-bond acceptors (Lipinski definition) is 3. The van der Waals surface area contributed by atoms with Gasteiger partial charge in [0, 0.05) is 18.3 Å². The first-order valence-corrected chi connectivity index (χ1v) is 7.47. The van der Waals surface area contributed by atoms with Crippen molar-refractivity contribution in [2.24, 2.45) is 0 Å². The Kier molecular flexibility index (Phi) is 3.85. The van der Waals surface area contributed by atoms with E-state index in [1.807, 2.05) is 49.2 Å². The van der Waals surface area contributed by atoms with Crippen LogP contribution in [0.4, 0.5) is 0 Å². The zero-order valence-corrected chi connectivity index (χ0v) is 12.4. The van der Waals surface area contributed by atoms with Crippen molar-refractivity contribution in [3.63, 3.8) is 0 Å². The first-order valence-electron chi connectivity index (χ1n) is 7.47. The van der Waals surface area contributed by atoms with Gasteiger partial charge >= 0.3 is 0 Å². The van der Waals surface area contributed by atoms with E-state index in [-0.39, 0.29) is 0 Å². The van der Waals surface area contributed by atoms with Crippen LogP contribution in [0.3, 0.4) is 0 Å². The average molecular weight is 296 g/mol. The van der Waals surface area contributed by atoms with Gasteiger partial charge in [-0.25, -0.2) is 4.98 Å². The summed E-state index contributed by atoms with van der Waals surface area (Å²) in [5, 5.41) is 0. The van der Waals surface area contributed by atoms with Crippen LogP contribution in [0.5, 0.6) is 0 Å². The molecule has 109 valence electrons. The monoisotopic (exact) mass is 296 g/mol. The summed E-state index contributed by atoms with van der Waals surface area (Å²) < 4.78 is 0. The summed E-state index contributed by atoms with van der Waals surface area (Å²) in [5.41, 5.74) is 4.54. The molecule has 0 spiro atoms. The Hall–Kier alpha value is -2.55. The first kappa shape index (κ1) is 14.1. The van der Waals surface area contributed by atoms with Gasteiger partial charge in [0.2, 0.25) is 0 Å². The highest BCUT2D eigenvalue weighted by atomic mass is 14.8. The molecule has 3 heterocycles. The fraction of sp³-hybridized carbons (Fsp3) is 0. The summed E-state index contributed by atoms with van der Waals surface area (Å²) in [5.74, 6) is 1.17.